The molecule has 7 nitrogen and oxygen atoms in total. The van der Waals surface area contributed by atoms with Gasteiger partial charge in [0.05, 0.1) is 5.52 Å². The Bertz CT molecular complexity index is 1080. The van der Waals surface area contributed by atoms with Gasteiger partial charge in [-0.2, -0.15) is 0 Å². The second-order valence-corrected chi connectivity index (χ2v) is 7.09. The molecule has 27 heavy (non-hydrogen) atoms. The van der Waals surface area contributed by atoms with Crippen molar-refractivity contribution in [2.24, 2.45) is 0 Å². The van der Waals surface area contributed by atoms with Crippen molar-refractivity contribution in [3.8, 4) is 0 Å². The number of carbonyl (C=O) groups is 1. The largest absolute Gasteiger partial charge is 0.385 e. The first kappa shape index (κ1) is 19.1. The van der Waals surface area contributed by atoms with Crippen LogP contribution in [-0.2, 0) is 22.6 Å². The van der Waals surface area contributed by atoms with E-state index in [-0.39, 0.29) is 24.6 Å². The van der Waals surface area contributed by atoms with E-state index >= 15 is 0 Å². The van der Waals surface area contributed by atoms with Crippen LogP contribution in [0.15, 0.2) is 45.3 Å². The van der Waals surface area contributed by atoms with E-state index in [9.17, 15) is 14.4 Å². The van der Waals surface area contributed by atoms with Crippen LogP contribution >= 0.6 is 11.3 Å². The van der Waals surface area contributed by atoms with Crippen LogP contribution in [0.3, 0.4) is 0 Å². The van der Waals surface area contributed by atoms with Crippen LogP contribution in [0, 0.1) is 6.92 Å². The average Bonchev–Trinajstić information content (AvgIpc) is 3.13. The van der Waals surface area contributed by atoms with Gasteiger partial charge < -0.3 is 10.1 Å². The minimum Gasteiger partial charge on any atom is -0.385 e. The third-order valence-electron chi connectivity index (χ3n) is 4.29. The number of aryl methyl sites for hydroxylation is 1. The number of nitrogens with one attached hydrogen (secondary N) is 1. The van der Waals surface area contributed by atoms with Crippen molar-refractivity contribution in [2.75, 3.05) is 19.0 Å². The summed E-state index contributed by atoms with van der Waals surface area (Å²) in [6.07, 6.45) is 0.540. The van der Waals surface area contributed by atoms with Crippen molar-refractivity contribution in [3.05, 3.63) is 62.1 Å². The Morgan fingerprint density at radius 2 is 1.96 bits per heavy atom. The monoisotopic (exact) mass is 387 g/mol. The van der Waals surface area contributed by atoms with E-state index in [2.05, 4.69) is 5.32 Å². The number of hydrogen-bond acceptors (Lipinski definition) is 5. The zero-order valence-corrected chi connectivity index (χ0v) is 16.0. The average molecular weight is 387 g/mol. The molecule has 8 heteroatoms. The van der Waals surface area contributed by atoms with Crippen molar-refractivity contribution in [1.82, 2.24) is 9.13 Å². The number of para-hydroxylation sites is 1. The smallest absolute Gasteiger partial charge is 0.332 e. The Kier molecular flexibility index (Phi) is 5.88. The molecule has 142 valence electrons. The van der Waals surface area contributed by atoms with Gasteiger partial charge in [0.15, 0.2) is 0 Å². The summed E-state index contributed by atoms with van der Waals surface area (Å²) in [5.74, 6) is -0.319. The van der Waals surface area contributed by atoms with Crippen LogP contribution in [0.4, 0.5) is 5.69 Å². The highest BCUT2D eigenvalue weighted by Gasteiger charge is 2.16. The number of rotatable bonds is 7. The number of hydrogen-bond donors (Lipinski definition) is 1. The van der Waals surface area contributed by atoms with E-state index in [1.54, 1.807) is 18.6 Å². The van der Waals surface area contributed by atoms with Gasteiger partial charge >= 0.3 is 5.69 Å². The summed E-state index contributed by atoms with van der Waals surface area (Å²) in [4.78, 5) is 38.0. The standard InChI is InChI=1S/C19H21N3O4S/c1-13-6-3-4-7-14(13)20-16(23)12-22-15-8-11-27-17(15)18(24)21(19(22)25)9-5-10-26-2/h3-4,6-8,11H,5,9-10,12H2,1-2H3,(H,20,23). The van der Waals surface area contributed by atoms with Crippen LogP contribution < -0.4 is 16.6 Å². The highest BCUT2D eigenvalue weighted by atomic mass is 32.1. The predicted molar refractivity (Wildman–Crippen MR) is 107 cm³/mol. The van der Waals surface area contributed by atoms with E-state index < -0.39 is 5.69 Å². The molecule has 0 unspecified atom stereocenters. The van der Waals surface area contributed by atoms with Crippen LogP contribution in [0.2, 0.25) is 0 Å². The first-order valence-corrected chi connectivity index (χ1v) is 9.46. The summed E-state index contributed by atoms with van der Waals surface area (Å²) in [5.41, 5.74) is 1.31. The van der Waals surface area contributed by atoms with Crippen LogP contribution in [0.5, 0.6) is 0 Å². The molecule has 2 aromatic heterocycles. The molecule has 2 heterocycles. The second kappa shape index (κ2) is 8.32. The quantitative estimate of drug-likeness (QED) is 0.630. The SMILES string of the molecule is COCCCn1c(=O)c2sccc2n(CC(=O)Nc2ccccc2C)c1=O. The highest BCUT2D eigenvalue weighted by Crippen LogP contribution is 2.16. The minimum absolute atomic E-state index is 0.162. The Morgan fingerprint density at radius 3 is 2.70 bits per heavy atom. The maximum absolute atomic E-state index is 12.9. The molecule has 0 saturated carbocycles. The lowest BCUT2D eigenvalue weighted by atomic mass is 10.2. The molecule has 0 radical (unpaired) electrons. The van der Waals surface area contributed by atoms with Gasteiger partial charge in [-0.05, 0) is 36.4 Å². The molecule has 0 fully saturated rings. The Labute approximate surface area is 159 Å². The van der Waals surface area contributed by atoms with Gasteiger partial charge in [-0.15, -0.1) is 11.3 Å². The molecule has 0 aliphatic heterocycles. The van der Waals surface area contributed by atoms with Crippen molar-refractivity contribution in [1.29, 1.82) is 0 Å². The molecule has 0 aliphatic rings. The summed E-state index contributed by atoms with van der Waals surface area (Å²) >= 11 is 1.27. The lowest BCUT2D eigenvalue weighted by Crippen LogP contribution is -2.41. The van der Waals surface area contributed by atoms with Crippen molar-refractivity contribution >= 4 is 33.1 Å². The molecule has 0 spiro atoms. The maximum atomic E-state index is 12.9. The van der Waals surface area contributed by atoms with E-state index in [1.165, 1.54) is 20.5 Å². The number of benzene rings is 1. The number of aromatic nitrogens is 2. The molecule has 0 bridgehead atoms. The summed E-state index contributed by atoms with van der Waals surface area (Å²) in [6, 6.07) is 9.13. The molecule has 0 atom stereocenters. The number of ether oxygens (including phenoxy) is 1. The predicted octanol–water partition coefficient (Wildman–Crippen LogP) is 2.21. The first-order valence-electron chi connectivity index (χ1n) is 8.58. The Morgan fingerprint density at radius 1 is 1.19 bits per heavy atom. The molecule has 0 aliphatic carbocycles. The van der Waals surface area contributed by atoms with Gasteiger partial charge in [-0.1, -0.05) is 18.2 Å². The molecule has 1 N–H and O–H groups in total. The number of fused-ring (bicyclic) bond motifs is 1. The number of nitrogens with zero attached hydrogens (tertiary/aromatic N) is 2. The maximum Gasteiger partial charge on any atom is 0.332 e. The normalized spacial score (nSPS) is 11.0. The molecule has 3 rings (SSSR count). The fourth-order valence-corrected chi connectivity index (χ4v) is 3.74. The molecular formula is C19H21N3O4S. The zero-order valence-electron chi connectivity index (χ0n) is 15.2. The van der Waals surface area contributed by atoms with Crippen molar-refractivity contribution in [3.63, 3.8) is 0 Å². The Balaban J connectivity index is 1.94. The number of thiophene rings is 1. The third kappa shape index (κ3) is 4.01. The minimum atomic E-state index is -0.484. The molecule has 1 amide bonds. The molecule has 0 saturated heterocycles. The fourth-order valence-electron chi connectivity index (χ4n) is 2.90. The van der Waals surface area contributed by atoms with Crippen LogP contribution in [0.1, 0.15) is 12.0 Å². The van der Waals surface area contributed by atoms with E-state index in [1.807, 2.05) is 31.2 Å². The lowest BCUT2D eigenvalue weighted by molar-refractivity contribution is -0.116. The number of anilines is 1. The molecule has 3 aromatic rings. The third-order valence-corrected chi connectivity index (χ3v) is 5.18. The summed E-state index contributed by atoms with van der Waals surface area (Å²) in [6.45, 7) is 2.43. The van der Waals surface area contributed by atoms with Crippen LogP contribution in [0.25, 0.3) is 10.2 Å². The van der Waals surface area contributed by atoms with Gasteiger partial charge in [-0.3, -0.25) is 18.7 Å². The van der Waals surface area contributed by atoms with Crippen molar-refractivity contribution < 1.29 is 9.53 Å². The number of carbonyl (C=O) groups excluding carboxylic acids is 1. The molecule has 1 aromatic carbocycles. The summed E-state index contributed by atoms with van der Waals surface area (Å²) < 4.78 is 8.00. The van der Waals surface area contributed by atoms with Gasteiger partial charge in [-0.25, -0.2) is 4.79 Å². The van der Waals surface area contributed by atoms with E-state index in [0.717, 1.165) is 5.56 Å². The van der Waals surface area contributed by atoms with E-state index in [4.69, 9.17) is 4.74 Å². The van der Waals surface area contributed by atoms with Gasteiger partial charge in [0.1, 0.15) is 11.2 Å². The summed E-state index contributed by atoms with van der Waals surface area (Å²) in [5, 5.41) is 4.58. The highest BCUT2D eigenvalue weighted by molar-refractivity contribution is 7.17. The van der Waals surface area contributed by atoms with Gasteiger partial charge in [0, 0.05) is 25.9 Å². The summed E-state index contributed by atoms with van der Waals surface area (Å²) in [7, 11) is 1.57. The number of amides is 1. The fraction of sp³-hybridized carbons (Fsp3) is 0.316. The van der Waals surface area contributed by atoms with E-state index in [0.29, 0.717) is 28.9 Å². The van der Waals surface area contributed by atoms with Crippen molar-refractivity contribution in [2.45, 2.75) is 26.4 Å². The lowest BCUT2D eigenvalue weighted by Gasteiger charge is -2.13. The first-order chi connectivity index (χ1) is 13.0. The van der Waals surface area contributed by atoms with Crippen LogP contribution in [-0.4, -0.2) is 28.8 Å². The molecular weight excluding hydrogens is 366 g/mol. The van der Waals surface area contributed by atoms with Gasteiger partial charge in [0.2, 0.25) is 5.91 Å². The van der Waals surface area contributed by atoms with Gasteiger partial charge in [0.25, 0.3) is 5.56 Å². The zero-order chi connectivity index (χ0) is 19.4. The Hall–Kier alpha value is -2.71. The second-order valence-electron chi connectivity index (χ2n) is 6.17. The number of methoxy groups -OCH3 is 1. The topological polar surface area (TPSA) is 82.3 Å².